The number of nitrogens with zero attached hydrogens (tertiary/aromatic N) is 2. The van der Waals surface area contributed by atoms with Crippen molar-refractivity contribution < 1.29 is 0 Å². The molecule has 0 bridgehead atoms. The lowest BCUT2D eigenvalue weighted by molar-refractivity contribution is 1.26. The van der Waals surface area contributed by atoms with Gasteiger partial charge in [0.15, 0.2) is 0 Å². The summed E-state index contributed by atoms with van der Waals surface area (Å²) in [6.07, 6.45) is 0. The van der Waals surface area contributed by atoms with Crippen LogP contribution in [-0.4, -0.2) is 8.80 Å². The second-order valence-electron chi connectivity index (χ2n) is 8.72. The van der Waals surface area contributed by atoms with Gasteiger partial charge in [-0.2, -0.15) is 0 Å². The summed E-state index contributed by atoms with van der Waals surface area (Å²) in [5, 5.41) is 5.88. The van der Waals surface area contributed by atoms with Gasteiger partial charge in [0.05, 0.1) is 33.1 Å². The standard InChI is InChI=1S/C30H17ClN2/c31-24-12-4-1-8-18(24)21-11-7-15-27-28(21)33-26-14-6-3-10-20(26)23-17-16-22-19-9-2-5-13-25(19)32(27)29(22)30(23)33/h1-17H. The molecule has 154 valence electrons. The maximum atomic E-state index is 6.74. The SMILES string of the molecule is Clc1ccccc1-c1cccc2c1n1c3ccccc3c3ccc4c5ccccc5n2c4c31. The zero-order valence-electron chi connectivity index (χ0n) is 17.6. The van der Waals surface area contributed by atoms with E-state index < -0.39 is 0 Å². The van der Waals surface area contributed by atoms with Crippen LogP contribution in [0.15, 0.2) is 103 Å². The second-order valence-corrected chi connectivity index (χ2v) is 9.12. The van der Waals surface area contributed by atoms with Gasteiger partial charge in [-0.3, -0.25) is 0 Å². The molecular weight excluding hydrogens is 424 g/mol. The number of fused-ring (bicyclic) bond motifs is 9. The summed E-state index contributed by atoms with van der Waals surface area (Å²) in [7, 11) is 0. The molecule has 0 atom stereocenters. The number of halogens is 1. The zero-order chi connectivity index (χ0) is 21.7. The molecule has 0 spiro atoms. The summed E-state index contributed by atoms with van der Waals surface area (Å²) in [6, 6.07) is 36.7. The van der Waals surface area contributed by atoms with E-state index in [0.717, 1.165) is 16.1 Å². The normalized spacial score (nSPS) is 12.4. The van der Waals surface area contributed by atoms with E-state index in [1.54, 1.807) is 0 Å². The smallest absolute Gasteiger partial charge is 0.0789 e. The average molecular weight is 441 g/mol. The molecule has 0 N–H and O–H groups in total. The van der Waals surface area contributed by atoms with Crippen molar-refractivity contribution in [1.82, 2.24) is 8.80 Å². The van der Waals surface area contributed by atoms with E-state index in [0.29, 0.717) is 0 Å². The Morgan fingerprint density at radius 3 is 1.67 bits per heavy atom. The van der Waals surface area contributed by atoms with E-state index in [2.05, 4.69) is 99.8 Å². The van der Waals surface area contributed by atoms with Crippen LogP contribution in [-0.2, 0) is 0 Å². The Morgan fingerprint density at radius 2 is 0.939 bits per heavy atom. The molecule has 0 aliphatic heterocycles. The number of rotatable bonds is 1. The van der Waals surface area contributed by atoms with E-state index >= 15 is 0 Å². The average Bonchev–Trinajstić information content (AvgIpc) is 3.37. The molecule has 8 aromatic rings. The molecule has 33 heavy (non-hydrogen) atoms. The Kier molecular flexibility index (Phi) is 3.22. The van der Waals surface area contributed by atoms with Crippen molar-refractivity contribution >= 4 is 66.2 Å². The van der Waals surface area contributed by atoms with Crippen LogP contribution in [0, 0.1) is 0 Å². The first-order valence-corrected chi connectivity index (χ1v) is 11.5. The Morgan fingerprint density at radius 1 is 0.394 bits per heavy atom. The lowest BCUT2D eigenvalue weighted by Crippen LogP contribution is -1.99. The highest BCUT2D eigenvalue weighted by molar-refractivity contribution is 6.34. The van der Waals surface area contributed by atoms with Gasteiger partial charge in [0.2, 0.25) is 0 Å². The van der Waals surface area contributed by atoms with Gasteiger partial charge in [-0.1, -0.05) is 90.5 Å². The molecule has 8 rings (SSSR count). The van der Waals surface area contributed by atoms with Crippen molar-refractivity contribution in [2.24, 2.45) is 0 Å². The minimum absolute atomic E-state index is 0.764. The highest BCUT2D eigenvalue weighted by atomic mass is 35.5. The third kappa shape index (κ3) is 2.05. The molecule has 0 saturated carbocycles. The van der Waals surface area contributed by atoms with Gasteiger partial charge in [0, 0.05) is 37.7 Å². The fourth-order valence-corrected chi connectivity index (χ4v) is 6.06. The third-order valence-electron chi connectivity index (χ3n) is 7.11. The van der Waals surface area contributed by atoms with Crippen LogP contribution in [0.25, 0.3) is 65.8 Å². The molecule has 0 amide bonds. The maximum Gasteiger partial charge on any atom is 0.0789 e. The molecule has 3 aromatic heterocycles. The highest BCUT2D eigenvalue weighted by Crippen LogP contribution is 2.44. The largest absolute Gasteiger partial charge is 0.305 e. The van der Waals surface area contributed by atoms with Gasteiger partial charge >= 0.3 is 0 Å². The lowest BCUT2D eigenvalue weighted by atomic mass is 10.0. The van der Waals surface area contributed by atoms with Gasteiger partial charge in [-0.25, -0.2) is 0 Å². The fraction of sp³-hybridized carbons (Fsp3) is 0. The van der Waals surface area contributed by atoms with Gasteiger partial charge in [-0.05, 0) is 24.3 Å². The van der Waals surface area contributed by atoms with E-state index in [1.165, 1.54) is 54.6 Å². The van der Waals surface area contributed by atoms with Crippen molar-refractivity contribution in [1.29, 1.82) is 0 Å². The van der Waals surface area contributed by atoms with Crippen LogP contribution in [0.3, 0.4) is 0 Å². The molecule has 0 radical (unpaired) electrons. The Bertz CT molecular complexity index is 2040. The molecular formula is C30H17ClN2. The lowest BCUT2D eigenvalue weighted by Gasteiger charge is -2.15. The summed E-state index contributed by atoms with van der Waals surface area (Å²) in [4.78, 5) is 0. The summed E-state index contributed by atoms with van der Waals surface area (Å²) in [5.41, 5.74) is 9.53. The summed E-state index contributed by atoms with van der Waals surface area (Å²) in [5.74, 6) is 0. The number of para-hydroxylation sites is 3. The number of hydrogen-bond donors (Lipinski definition) is 0. The monoisotopic (exact) mass is 440 g/mol. The first kappa shape index (κ1) is 17.5. The van der Waals surface area contributed by atoms with Gasteiger partial charge in [0.1, 0.15) is 0 Å². The van der Waals surface area contributed by atoms with Crippen LogP contribution in [0.1, 0.15) is 0 Å². The van der Waals surface area contributed by atoms with Crippen LogP contribution >= 0.6 is 11.6 Å². The molecule has 5 aromatic carbocycles. The van der Waals surface area contributed by atoms with Crippen LogP contribution in [0.2, 0.25) is 5.02 Å². The molecule has 0 aliphatic carbocycles. The molecule has 0 saturated heterocycles. The van der Waals surface area contributed by atoms with E-state index in [9.17, 15) is 0 Å². The molecule has 0 fully saturated rings. The maximum absolute atomic E-state index is 6.74. The van der Waals surface area contributed by atoms with Crippen molar-refractivity contribution in [3.63, 3.8) is 0 Å². The van der Waals surface area contributed by atoms with Gasteiger partial charge in [0.25, 0.3) is 0 Å². The molecule has 3 heterocycles. The van der Waals surface area contributed by atoms with Crippen LogP contribution < -0.4 is 0 Å². The molecule has 3 heteroatoms. The molecule has 2 nitrogen and oxygen atoms in total. The minimum atomic E-state index is 0.764. The van der Waals surface area contributed by atoms with E-state index in [-0.39, 0.29) is 0 Å². The zero-order valence-corrected chi connectivity index (χ0v) is 18.3. The number of hydrogen-bond acceptors (Lipinski definition) is 0. The van der Waals surface area contributed by atoms with E-state index in [4.69, 9.17) is 11.6 Å². The second kappa shape index (κ2) is 6.06. The van der Waals surface area contributed by atoms with E-state index in [1.807, 2.05) is 12.1 Å². The Hall–Kier alpha value is -4.01. The third-order valence-corrected chi connectivity index (χ3v) is 7.44. The van der Waals surface area contributed by atoms with Gasteiger partial charge < -0.3 is 8.80 Å². The summed E-state index contributed by atoms with van der Waals surface area (Å²) >= 11 is 6.74. The minimum Gasteiger partial charge on any atom is -0.305 e. The summed E-state index contributed by atoms with van der Waals surface area (Å²) in [6.45, 7) is 0. The fourth-order valence-electron chi connectivity index (χ4n) is 5.83. The van der Waals surface area contributed by atoms with Crippen molar-refractivity contribution in [2.45, 2.75) is 0 Å². The van der Waals surface area contributed by atoms with Crippen molar-refractivity contribution in [3.8, 4) is 11.1 Å². The number of aromatic nitrogens is 2. The number of benzene rings is 5. The highest BCUT2D eigenvalue weighted by Gasteiger charge is 2.23. The first-order valence-electron chi connectivity index (χ1n) is 11.2. The Labute approximate surface area is 194 Å². The van der Waals surface area contributed by atoms with Crippen molar-refractivity contribution in [3.05, 3.63) is 108 Å². The molecule has 0 aliphatic rings. The van der Waals surface area contributed by atoms with Gasteiger partial charge in [-0.15, -0.1) is 0 Å². The quantitative estimate of drug-likeness (QED) is 0.226. The van der Waals surface area contributed by atoms with Crippen LogP contribution in [0.5, 0.6) is 0 Å². The van der Waals surface area contributed by atoms with Crippen molar-refractivity contribution in [2.75, 3.05) is 0 Å². The molecule has 0 unspecified atom stereocenters. The van der Waals surface area contributed by atoms with Crippen LogP contribution in [0.4, 0.5) is 0 Å². The predicted octanol–water partition coefficient (Wildman–Crippen LogP) is 8.56. The topological polar surface area (TPSA) is 8.82 Å². The Balaban J connectivity index is 1.80. The predicted molar refractivity (Wildman–Crippen MR) is 140 cm³/mol. The summed E-state index contributed by atoms with van der Waals surface area (Å²) < 4.78 is 4.90. The first-order chi connectivity index (χ1) is 16.3.